The van der Waals surface area contributed by atoms with Crippen LogP contribution in [0.15, 0.2) is 5.11 Å². The molecule has 0 aliphatic heterocycles. The third-order valence-corrected chi connectivity index (χ3v) is 1.54. The maximum atomic E-state index is 10.1. The normalized spacial score (nSPS) is 15.4. The van der Waals surface area contributed by atoms with Crippen molar-refractivity contribution in [3.05, 3.63) is 10.4 Å². The van der Waals surface area contributed by atoms with Crippen molar-refractivity contribution in [2.75, 3.05) is 5.75 Å². The molecule has 0 spiro atoms. The molecule has 2 unspecified atom stereocenters. The minimum absolute atomic E-state index is 0.167. The topological polar surface area (TPSA) is 86.1 Å². The summed E-state index contributed by atoms with van der Waals surface area (Å²) in [4.78, 5) is 2.56. The van der Waals surface area contributed by atoms with Crippen molar-refractivity contribution in [3.63, 3.8) is 0 Å². The summed E-state index contributed by atoms with van der Waals surface area (Å²) in [6.45, 7) is 1.70. The van der Waals surface area contributed by atoms with E-state index in [2.05, 4.69) is 10.0 Å². The third-order valence-electron chi connectivity index (χ3n) is 0.959. The molecule has 0 aliphatic rings. The fourth-order valence-corrected chi connectivity index (χ4v) is 0.960. The molecule has 0 aromatic carbocycles. The van der Waals surface area contributed by atoms with E-state index in [1.54, 1.807) is 6.92 Å². The lowest BCUT2D eigenvalue weighted by molar-refractivity contribution is 0.557. The third kappa shape index (κ3) is 5.55. The van der Waals surface area contributed by atoms with Crippen LogP contribution in [0.2, 0.25) is 0 Å². The molecule has 0 saturated heterocycles. The molecule has 1 N–H and O–H groups in total. The minimum atomic E-state index is -1.77. The first-order valence-electron chi connectivity index (χ1n) is 2.78. The van der Waals surface area contributed by atoms with Gasteiger partial charge in [-0.05, 0) is 12.0 Å². The van der Waals surface area contributed by atoms with Crippen molar-refractivity contribution in [1.29, 1.82) is 0 Å². The molecular formula is C4H9N3O2S. The average Bonchev–Trinajstić information content (AvgIpc) is 1.85. The van der Waals surface area contributed by atoms with E-state index >= 15 is 0 Å². The molecule has 0 bridgehead atoms. The van der Waals surface area contributed by atoms with Crippen LogP contribution in [-0.4, -0.2) is 20.6 Å². The Kier molecular flexibility index (Phi) is 4.92. The Hall–Kier alpha value is -0.580. The van der Waals surface area contributed by atoms with E-state index in [4.69, 9.17) is 10.1 Å². The lowest BCUT2D eigenvalue weighted by atomic mass is 10.3. The van der Waals surface area contributed by atoms with E-state index in [1.807, 2.05) is 0 Å². The van der Waals surface area contributed by atoms with Crippen LogP contribution in [0.1, 0.15) is 13.3 Å². The van der Waals surface area contributed by atoms with Gasteiger partial charge in [0, 0.05) is 16.7 Å². The second-order valence-corrected chi connectivity index (χ2v) is 2.92. The lowest BCUT2D eigenvalue weighted by Gasteiger charge is -1.98. The Morgan fingerprint density at radius 1 is 1.90 bits per heavy atom. The summed E-state index contributed by atoms with van der Waals surface area (Å²) in [7, 11) is 0. The van der Waals surface area contributed by atoms with Gasteiger partial charge in [-0.15, -0.1) is 0 Å². The summed E-state index contributed by atoms with van der Waals surface area (Å²) in [6.07, 6.45) is 0.452. The summed E-state index contributed by atoms with van der Waals surface area (Å²) in [5.41, 5.74) is 7.92. The molecule has 58 valence electrons. The number of hydrogen-bond donors (Lipinski definition) is 1. The van der Waals surface area contributed by atoms with Crippen molar-refractivity contribution >= 4 is 11.1 Å². The molecule has 0 saturated carbocycles. The molecule has 0 aromatic heterocycles. The SMILES string of the molecule is CC(CCS(=O)O)N=[N+]=[N-]. The highest BCUT2D eigenvalue weighted by atomic mass is 32.2. The van der Waals surface area contributed by atoms with Crippen molar-refractivity contribution < 1.29 is 8.76 Å². The molecule has 0 radical (unpaired) electrons. The van der Waals surface area contributed by atoms with E-state index in [0.717, 1.165) is 0 Å². The number of nitrogens with zero attached hydrogens (tertiary/aromatic N) is 3. The van der Waals surface area contributed by atoms with Crippen LogP contribution in [0.4, 0.5) is 0 Å². The molecule has 0 heterocycles. The Morgan fingerprint density at radius 3 is 2.90 bits per heavy atom. The predicted molar refractivity (Wildman–Crippen MR) is 38.9 cm³/mol. The van der Waals surface area contributed by atoms with Crippen molar-refractivity contribution in [2.45, 2.75) is 19.4 Å². The smallest absolute Gasteiger partial charge is 0.152 e. The quantitative estimate of drug-likeness (QED) is 0.293. The summed E-state index contributed by atoms with van der Waals surface area (Å²) < 4.78 is 18.4. The fourth-order valence-electron chi connectivity index (χ4n) is 0.417. The van der Waals surface area contributed by atoms with Gasteiger partial charge in [0.15, 0.2) is 11.1 Å². The Bertz CT molecular complexity index is 166. The highest BCUT2D eigenvalue weighted by Crippen LogP contribution is 1.97. The second-order valence-electron chi connectivity index (χ2n) is 1.87. The van der Waals surface area contributed by atoms with Gasteiger partial charge in [-0.3, -0.25) is 0 Å². The number of hydrogen-bond acceptors (Lipinski definition) is 2. The van der Waals surface area contributed by atoms with Crippen molar-refractivity contribution in [2.24, 2.45) is 5.11 Å². The molecule has 0 aliphatic carbocycles. The van der Waals surface area contributed by atoms with Crippen LogP contribution in [0, 0.1) is 0 Å². The molecule has 6 heteroatoms. The first-order valence-corrected chi connectivity index (χ1v) is 4.06. The molecule has 0 aromatic rings. The summed E-state index contributed by atoms with van der Waals surface area (Å²) in [5, 5.41) is 3.33. The summed E-state index contributed by atoms with van der Waals surface area (Å²) >= 11 is -1.77. The maximum Gasteiger partial charge on any atom is 0.152 e. The van der Waals surface area contributed by atoms with E-state index in [-0.39, 0.29) is 11.8 Å². The first kappa shape index (κ1) is 9.42. The van der Waals surface area contributed by atoms with Gasteiger partial charge in [0.05, 0.1) is 0 Å². The Morgan fingerprint density at radius 2 is 2.50 bits per heavy atom. The van der Waals surface area contributed by atoms with Crippen LogP contribution in [0.25, 0.3) is 10.4 Å². The maximum absolute atomic E-state index is 10.1. The monoisotopic (exact) mass is 163 g/mol. The Labute approximate surface area is 61.3 Å². The summed E-state index contributed by atoms with van der Waals surface area (Å²) in [5.74, 6) is 0.167. The predicted octanol–water partition coefficient (Wildman–Crippen LogP) is 1.30. The van der Waals surface area contributed by atoms with Crippen molar-refractivity contribution in [3.8, 4) is 0 Å². The molecule has 0 amide bonds. The minimum Gasteiger partial charge on any atom is -0.306 e. The molecule has 10 heavy (non-hydrogen) atoms. The largest absolute Gasteiger partial charge is 0.306 e. The van der Waals surface area contributed by atoms with Crippen LogP contribution < -0.4 is 0 Å². The van der Waals surface area contributed by atoms with E-state index in [9.17, 15) is 4.21 Å². The van der Waals surface area contributed by atoms with Gasteiger partial charge in [-0.25, -0.2) is 4.21 Å². The van der Waals surface area contributed by atoms with Crippen molar-refractivity contribution in [1.82, 2.24) is 0 Å². The van der Waals surface area contributed by atoms with Gasteiger partial charge in [0.25, 0.3) is 0 Å². The zero-order chi connectivity index (χ0) is 7.98. The van der Waals surface area contributed by atoms with Gasteiger partial charge >= 0.3 is 0 Å². The highest BCUT2D eigenvalue weighted by Gasteiger charge is 1.99. The summed E-state index contributed by atoms with van der Waals surface area (Å²) in [6, 6.07) is -0.193. The van der Waals surface area contributed by atoms with Gasteiger partial charge in [-0.1, -0.05) is 12.0 Å². The van der Waals surface area contributed by atoms with Gasteiger partial charge in [-0.2, -0.15) is 0 Å². The average molecular weight is 163 g/mol. The van der Waals surface area contributed by atoms with E-state index in [1.165, 1.54) is 0 Å². The lowest BCUT2D eigenvalue weighted by Crippen LogP contribution is -2.03. The first-order chi connectivity index (χ1) is 4.66. The highest BCUT2D eigenvalue weighted by molar-refractivity contribution is 7.79. The van der Waals surface area contributed by atoms with Gasteiger partial charge < -0.3 is 4.55 Å². The van der Waals surface area contributed by atoms with Gasteiger partial charge in [0.1, 0.15) is 0 Å². The van der Waals surface area contributed by atoms with E-state index < -0.39 is 11.1 Å². The Balaban J connectivity index is 3.48. The number of azide groups is 1. The standard InChI is InChI=1S/C4H9N3O2S/c1-4(6-7-5)2-3-10(8)9/h4H,2-3H2,1H3,(H,8,9). The van der Waals surface area contributed by atoms with E-state index in [0.29, 0.717) is 6.42 Å². The van der Waals surface area contributed by atoms with Crippen LogP contribution in [0.5, 0.6) is 0 Å². The molecule has 0 rings (SSSR count). The van der Waals surface area contributed by atoms with Crippen LogP contribution >= 0.6 is 0 Å². The van der Waals surface area contributed by atoms with Crippen LogP contribution in [0.3, 0.4) is 0 Å². The molecule has 5 nitrogen and oxygen atoms in total. The fraction of sp³-hybridized carbons (Fsp3) is 1.00. The molecule has 0 fully saturated rings. The number of rotatable bonds is 4. The molecular weight excluding hydrogens is 154 g/mol. The van der Waals surface area contributed by atoms with Crippen LogP contribution in [-0.2, 0) is 11.1 Å². The zero-order valence-corrected chi connectivity index (χ0v) is 6.41. The molecule has 2 atom stereocenters. The van der Waals surface area contributed by atoms with Gasteiger partial charge in [0.2, 0.25) is 0 Å². The zero-order valence-electron chi connectivity index (χ0n) is 5.60. The second kappa shape index (κ2) is 5.22.